The zero-order chi connectivity index (χ0) is 17.6. The highest BCUT2D eigenvalue weighted by Gasteiger charge is 2.21. The van der Waals surface area contributed by atoms with Gasteiger partial charge in [-0.1, -0.05) is 20.3 Å². The second-order valence-corrected chi connectivity index (χ2v) is 6.14. The van der Waals surface area contributed by atoms with Crippen LogP contribution in [0.25, 0.3) is 0 Å². The molecule has 0 spiro atoms. The molecular formula is C15H27N5O2S. The van der Waals surface area contributed by atoms with Crippen LogP contribution in [0.15, 0.2) is 9.59 Å². The lowest BCUT2D eigenvalue weighted by molar-refractivity contribution is 0.604. The Morgan fingerprint density at radius 3 is 2.52 bits per heavy atom. The molecular weight excluding hydrogens is 314 g/mol. The lowest BCUT2D eigenvalue weighted by Crippen LogP contribution is -2.47. The number of nitrogens with one attached hydrogen (secondary N) is 2. The van der Waals surface area contributed by atoms with E-state index in [1.165, 1.54) is 4.57 Å². The number of H-pyrrole nitrogens is 1. The fourth-order valence-electron chi connectivity index (χ4n) is 2.24. The van der Waals surface area contributed by atoms with Crippen molar-refractivity contribution in [3.8, 4) is 0 Å². The molecule has 4 N–H and O–H groups in total. The highest BCUT2D eigenvalue weighted by Crippen LogP contribution is 2.18. The summed E-state index contributed by atoms with van der Waals surface area (Å²) in [6.45, 7) is 8.95. The molecule has 0 amide bonds. The second kappa shape index (κ2) is 8.71. The number of nitrogen functional groups attached to an aromatic ring is 1. The predicted octanol–water partition coefficient (Wildman–Crippen LogP) is 1.42. The Hall–Kier alpha value is -1.83. The van der Waals surface area contributed by atoms with Crippen molar-refractivity contribution in [2.45, 2.75) is 59.5 Å². The summed E-state index contributed by atoms with van der Waals surface area (Å²) >= 11 is 5.40. The first-order valence-corrected chi connectivity index (χ1v) is 8.44. The highest BCUT2D eigenvalue weighted by atomic mass is 32.1. The van der Waals surface area contributed by atoms with Gasteiger partial charge in [-0.3, -0.25) is 14.3 Å². The summed E-state index contributed by atoms with van der Waals surface area (Å²) in [7, 11) is 0. The predicted molar refractivity (Wildman–Crippen MR) is 99.1 cm³/mol. The lowest BCUT2D eigenvalue weighted by Gasteiger charge is -2.27. The summed E-state index contributed by atoms with van der Waals surface area (Å²) in [6, 6.07) is 0.133. The normalized spacial score (nSPS) is 10.8. The summed E-state index contributed by atoms with van der Waals surface area (Å²) in [5.41, 5.74) is 5.38. The first kappa shape index (κ1) is 19.2. The Balaban J connectivity index is 3.38. The zero-order valence-electron chi connectivity index (χ0n) is 14.3. The molecule has 1 heterocycles. The maximum Gasteiger partial charge on any atom is 0.330 e. The van der Waals surface area contributed by atoms with Crippen LogP contribution in [0.5, 0.6) is 0 Å². The van der Waals surface area contributed by atoms with E-state index < -0.39 is 11.2 Å². The molecule has 0 saturated heterocycles. The minimum Gasteiger partial charge on any atom is -0.383 e. The highest BCUT2D eigenvalue weighted by molar-refractivity contribution is 7.80. The molecule has 0 fully saturated rings. The molecule has 0 aliphatic carbocycles. The lowest BCUT2D eigenvalue weighted by atomic mass is 10.3. The third kappa shape index (κ3) is 4.82. The van der Waals surface area contributed by atoms with Gasteiger partial charge >= 0.3 is 5.69 Å². The van der Waals surface area contributed by atoms with Crippen LogP contribution >= 0.6 is 12.2 Å². The van der Waals surface area contributed by atoms with Crippen LogP contribution in [0.3, 0.4) is 0 Å². The standard InChI is InChI=1S/C15H27N5O2S/c1-5-7-9-20-12(16)11(13(21)18-14(20)22)19(8-6-2)15(23)17-10(3)4/h10H,5-9,16H2,1-4H3,(H,17,23)(H,18,21,22). The van der Waals surface area contributed by atoms with Crippen molar-refractivity contribution in [3.63, 3.8) is 0 Å². The number of nitrogens with two attached hydrogens (primary N) is 1. The minimum atomic E-state index is -0.512. The third-order valence-electron chi connectivity index (χ3n) is 3.32. The number of anilines is 2. The first-order valence-electron chi connectivity index (χ1n) is 8.04. The molecule has 0 aliphatic heterocycles. The van der Waals surface area contributed by atoms with Gasteiger partial charge in [0.05, 0.1) is 0 Å². The minimum absolute atomic E-state index is 0.133. The van der Waals surface area contributed by atoms with Crippen LogP contribution in [0, 0.1) is 0 Å². The van der Waals surface area contributed by atoms with E-state index in [1.807, 2.05) is 27.7 Å². The van der Waals surface area contributed by atoms with Crippen molar-refractivity contribution in [1.82, 2.24) is 14.9 Å². The molecule has 0 radical (unpaired) electrons. The van der Waals surface area contributed by atoms with Crippen LogP contribution in [0.1, 0.15) is 47.0 Å². The monoisotopic (exact) mass is 341 g/mol. The Kier molecular flexibility index (Phi) is 7.28. The zero-order valence-corrected chi connectivity index (χ0v) is 15.1. The van der Waals surface area contributed by atoms with Crippen molar-refractivity contribution in [3.05, 3.63) is 20.8 Å². The Bertz CT molecular complexity index is 650. The largest absolute Gasteiger partial charge is 0.383 e. The van der Waals surface area contributed by atoms with Crippen LogP contribution in [0.2, 0.25) is 0 Å². The van der Waals surface area contributed by atoms with E-state index >= 15 is 0 Å². The average Bonchev–Trinajstić information content (AvgIpc) is 2.45. The van der Waals surface area contributed by atoms with Gasteiger partial charge in [-0.15, -0.1) is 0 Å². The van der Waals surface area contributed by atoms with Gasteiger partial charge < -0.3 is 16.0 Å². The van der Waals surface area contributed by atoms with Crippen LogP contribution < -0.4 is 27.2 Å². The quantitative estimate of drug-likeness (QED) is 0.649. The Labute approximate surface area is 141 Å². The van der Waals surface area contributed by atoms with E-state index in [9.17, 15) is 9.59 Å². The Morgan fingerprint density at radius 1 is 1.35 bits per heavy atom. The van der Waals surface area contributed by atoms with Gasteiger partial charge in [0.25, 0.3) is 5.56 Å². The summed E-state index contributed by atoms with van der Waals surface area (Å²) < 4.78 is 1.40. The van der Waals surface area contributed by atoms with Crippen molar-refractivity contribution in [2.24, 2.45) is 0 Å². The smallest absolute Gasteiger partial charge is 0.330 e. The van der Waals surface area contributed by atoms with Gasteiger partial charge in [-0.25, -0.2) is 4.79 Å². The second-order valence-electron chi connectivity index (χ2n) is 5.75. The fourth-order valence-corrected chi connectivity index (χ4v) is 2.66. The van der Waals surface area contributed by atoms with E-state index in [-0.39, 0.29) is 17.5 Å². The van der Waals surface area contributed by atoms with Crippen molar-refractivity contribution < 1.29 is 0 Å². The molecule has 7 nitrogen and oxygen atoms in total. The number of unbranched alkanes of at least 4 members (excludes halogenated alkanes) is 1. The molecule has 1 aromatic rings. The number of thiocarbonyl (C=S) groups is 1. The molecule has 0 bridgehead atoms. The van der Waals surface area contributed by atoms with E-state index in [0.29, 0.717) is 18.2 Å². The number of aromatic amines is 1. The summed E-state index contributed by atoms with van der Waals surface area (Å²) in [5, 5.41) is 3.55. The van der Waals surface area contributed by atoms with Gasteiger partial charge in [-0.05, 0) is 38.9 Å². The van der Waals surface area contributed by atoms with Gasteiger partial charge in [0.15, 0.2) is 10.8 Å². The molecule has 0 aliphatic rings. The molecule has 1 rings (SSSR count). The van der Waals surface area contributed by atoms with Crippen LogP contribution in [-0.4, -0.2) is 27.3 Å². The summed E-state index contributed by atoms with van der Waals surface area (Å²) in [4.78, 5) is 28.3. The van der Waals surface area contributed by atoms with Crippen LogP contribution in [-0.2, 0) is 6.54 Å². The number of hydrogen-bond donors (Lipinski definition) is 3. The molecule has 130 valence electrons. The SMILES string of the molecule is CCCCn1c(N)c(N(CCC)C(=S)NC(C)C)c(=O)[nH]c1=O. The molecule has 0 atom stereocenters. The fraction of sp³-hybridized carbons (Fsp3) is 0.667. The summed E-state index contributed by atoms with van der Waals surface area (Å²) in [6.07, 6.45) is 2.51. The van der Waals surface area contributed by atoms with Gasteiger partial charge in [0.2, 0.25) is 0 Å². The average molecular weight is 341 g/mol. The summed E-state index contributed by atoms with van der Waals surface area (Å²) in [5.74, 6) is 0.161. The maximum absolute atomic E-state index is 12.3. The molecule has 0 unspecified atom stereocenters. The number of nitrogens with zero attached hydrogens (tertiary/aromatic N) is 2. The van der Waals surface area contributed by atoms with E-state index in [1.54, 1.807) is 4.90 Å². The van der Waals surface area contributed by atoms with E-state index in [2.05, 4.69) is 10.3 Å². The van der Waals surface area contributed by atoms with Crippen molar-refractivity contribution in [2.75, 3.05) is 17.2 Å². The number of rotatable bonds is 7. The van der Waals surface area contributed by atoms with Crippen molar-refractivity contribution >= 4 is 28.8 Å². The molecule has 23 heavy (non-hydrogen) atoms. The number of hydrogen-bond acceptors (Lipinski definition) is 4. The topological polar surface area (TPSA) is 96.2 Å². The molecule has 0 aromatic carbocycles. The first-order chi connectivity index (χ1) is 10.8. The third-order valence-corrected chi connectivity index (χ3v) is 3.66. The van der Waals surface area contributed by atoms with Crippen LogP contribution in [0.4, 0.5) is 11.5 Å². The number of aromatic nitrogens is 2. The van der Waals surface area contributed by atoms with Gasteiger partial charge in [0.1, 0.15) is 5.82 Å². The van der Waals surface area contributed by atoms with Crippen molar-refractivity contribution in [1.29, 1.82) is 0 Å². The van der Waals surface area contributed by atoms with Gasteiger partial charge in [0, 0.05) is 19.1 Å². The Morgan fingerprint density at radius 2 is 2.00 bits per heavy atom. The van der Waals surface area contributed by atoms with E-state index in [4.69, 9.17) is 18.0 Å². The molecule has 1 aromatic heterocycles. The maximum atomic E-state index is 12.3. The van der Waals surface area contributed by atoms with E-state index in [0.717, 1.165) is 19.3 Å². The molecule has 0 saturated carbocycles. The molecule has 8 heteroatoms. The van der Waals surface area contributed by atoms with Gasteiger partial charge in [-0.2, -0.15) is 0 Å².